The number of anilines is 1. The zero-order valence-electron chi connectivity index (χ0n) is 15.7. The Bertz CT molecular complexity index is 708. The van der Waals surface area contributed by atoms with Crippen molar-refractivity contribution in [2.24, 2.45) is 4.99 Å². The van der Waals surface area contributed by atoms with Gasteiger partial charge in [-0.15, -0.1) is 24.0 Å². The highest BCUT2D eigenvalue weighted by Gasteiger charge is 2.21. The zero-order chi connectivity index (χ0) is 18.2. The van der Waals surface area contributed by atoms with E-state index in [1.54, 1.807) is 18.4 Å². The molecule has 0 spiro atoms. The topological polar surface area (TPSA) is 52.8 Å². The Morgan fingerprint density at radius 3 is 2.96 bits per heavy atom. The molecular formula is C20H28FIN4O. The highest BCUT2D eigenvalue weighted by atomic mass is 127. The molecule has 2 N–H and O–H groups in total. The number of piperidine rings is 1. The summed E-state index contributed by atoms with van der Waals surface area (Å²) in [6, 6.07) is 11.0. The minimum Gasteiger partial charge on any atom is -0.469 e. The van der Waals surface area contributed by atoms with Crippen molar-refractivity contribution in [3.63, 3.8) is 0 Å². The van der Waals surface area contributed by atoms with Crippen molar-refractivity contribution in [1.29, 1.82) is 0 Å². The molecule has 1 aliphatic heterocycles. The number of benzene rings is 1. The third-order valence-corrected chi connectivity index (χ3v) is 4.49. The van der Waals surface area contributed by atoms with E-state index in [9.17, 15) is 4.39 Å². The first kappa shape index (κ1) is 21.5. The largest absolute Gasteiger partial charge is 0.469 e. The van der Waals surface area contributed by atoms with Crippen molar-refractivity contribution in [1.82, 2.24) is 10.6 Å². The van der Waals surface area contributed by atoms with Gasteiger partial charge >= 0.3 is 0 Å². The van der Waals surface area contributed by atoms with Crippen molar-refractivity contribution >= 4 is 35.6 Å². The van der Waals surface area contributed by atoms with Crippen molar-refractivity contribution in [2.45, 2.75) is 32.2 Å². The maximum atomic E-state index is 13.5. The molecular weight excluding hydrogens is 458 g/mol. The summed E-state index contributed by atoms with van der Waals surface area (Å²) in [5.41, 5.74) is 0.941. The predicted octanol–water partition coefficient (Wildman–Crippen LogP) is 3.80. The number of hydrogen-bond acceptors (Lipinski definition) is 3. The first-order valence-corrected chi connectivity index (χ1v) is 9.32. The number of hydrogen-bond donors (Lipinski definition) is 2. The van der Waals surface area contributed by atoms with E-state index in [1.165, 1.54) is 6.07 Å². The van der Waals surface area contributed by atoms with Gasteiger partial charge in [0.25, 0.3) is 0 Å². The van der Waals surface area contributed by atoms with Crippen LogP contribution in [0.4, 0.5) is 10.1 Å². The number of guanidine groups is 1. The highest BCUT2D eigenvalue weighted by Crippen LogP contribution is 2.20. The Hall–Kier alpha value is -1.77. The van der Waals surface area contributed by atoms with Crippen molar-refractivity contribution in [2.75, 3.05) is 31.1 Å². The van der Waals surface area contributed by atoms with E-state index < -0.39 is 0 Å². The van der Waals surface area contributed by atoms with Crippen LogP contribution in [-0.4, -0.2) is 38.2 Å². The van der Waals surface area contributed by atoms with Gasteiger partial charge in [0.15, 0.2) is 5.96 Å². The van der Waals surface area contributed by atoms with E-state index in [4.69, 9.17) is 4.42 Å². The number of nitrogens with one attached hydrogen (secondary N) is 2. The molecule has 148 valence electrons. The second-order valence-electron chi connectivity index (χ2n) is 6.50. The van der Waals surface area contributed by atoms with Gasteiger partial charge in [-0.25, -0.2) is 4.39 Å². The van der Waals surface area contributed by atoms with Gasteiger partial charge in [0.2, 0.25) is 0 Å². The van der Waals surface area contributed by atoms with Crippen LogP contribution in [0, 0.1) is 5.82 Å². The molecule has 1 saturated heterocycles. The Labute approximate surface area is 177 Å². The van der Waals surface area contributed by atoms with Crippen LogP contribution < -0.4 is 15.5 Å². The first-order valence-electron chi connectivity index (χ1n) is 9.32. The molecule has 1 aromatic carbocycles. The molecule has 2 heterocycles. The fourth-order valence-corrected chi connectivity index (χ4v) is 3.25. The molecule has 7 heteroatoms. The van der Waals surface area contributed by atoms with Crippen LogP contribution in [0.25, 0.3) is 0 Å². The summed E-state index contributed by atoms with van der Waals surface area (Å²) >= 11 is 0. The molecule has 2 aromatic rings. The predicted molar refractivity (Wildman–Crippen MR) is 119 cm³/mol. The third-order valence-electron chi connectivity index (χ3n) is 4.49. The number of aliphatic imine (C=N–C) groups is 1. The van der Waals surface area contributed by atoms with Crippen LogP contribution in [0.2, 0.25) is 0 Å². The summed E-state index contributed by atoms with van der Waals surface area (Å²) in [5, 5.41) is 6.83. The maximum Gasteiger partial charge on any atom is 0.191 e. The van der Waals surface area contributed by atoms with Gasteiger partial charge in [-0.2, -0.15) is 0 Å². The lowest BCUT2D eigenvalue weighted by molar-refractivity contribution is 0.467. The lowest BCUT2D eigenvalue weighted by Crippen LogP contribution is -2.51. The Morgan fingerprint density at radius 2 is 2.22 bits per heavy atom. The van der Waals surface area contributed by atoms with Crippen molar-refractivity contribution in [3.05, 3.63) is 54.2 Å². The van der Waals surface area contributed by atoms with Gasteiger partial charge in [0.1, 0.15) is 11.6 Å². The SMILES string of the molecule is CCNC(=NCCc1ccco1)NC1CCCN(c2cccc(F)c2)C1.I. The number of rotatable bonds is 6. The molecule has 0 bridgehead atoms. The smallest absolute Gasteiger partial charge is 0.191 e. The number of halogens is 2. The molecule has 3 rings (SSSR count). The minimum absolute atomic E-state index is 0. The van der Waals surface area contributed by atoms with Gasteiger partial charge in [-0.05, 0) is 50.1 Å². The van der Waals surface area contributed by atoms with E-state index in [1.807, 2.05) is 18.2 Å². The van der Waals surface area contributed by atoms with Crippen LogP contribution >= 0.6 is 24.0 Å². The Morgan fingerprint density at radius 1 is 1.33 bits per heavy atom. The van der Waals surface area contributed by atoms with Crippen LogP contribution in [0.1, 0.15) is 25.5 Å². The number of nitrogens with zero attached hydrogens (tertiary/aromatic N) is 2. The van der Waals surface area contributed by atoms with Crippen LogP contribution in [0.3, 0.4) is 0 Å². The molecule has 1 aliphatic rings. The first-order chi connectivity index (χ1) is 12.7. The average Bonchev–Trinajstić information content (AvgIpc) is 3.16. The van der Waals surface area contributed by atoms with Gasteiger partial charge < -0.3 is 20.0 Å². The maximum absolute atomic E-state index is 13.5. The van der Waals surface area contributed by atoms with E-state index in [-0.39, 0.29) is 35.8 Å². The van der Waals surface area contributed by atoms with Crippen molar-refractivity contribution < 1.29 is 8.81 Å². The Balaban J connectivity index is 0.00000261. The normalized spacial score (nSPS) is 17.3. The summed E-state index contributed by atoms with van der Waals surface area (Å²) in [5.74, 6) is 1.58. The average molecular weight is 486 g/mol. The van der Waals surface area contributed by atoms with E-state index >= 15 is 0 Å². The molecule has 0 amide bonds. The second-order valence-corrected chi connectivity index (χ2v) is 6.50. The van der Waals surface area contributed by atoms with Crippen LogP contribution in [0.5, 0.6) is 0 Å². The van der Waals surface area contributed by atoms with E-state index in [2.05, 4.69) is 27.4 Å². The summed E-state index contributed by atoms with van der Waals surface area (Å²) in [4.78, 5) is 6.88. The molecule has 1 unspecified atom stereocenters. The van der Waals surface area contributed by atoms with Gasteiger partial charge in [-0.3, -0.25) is 4.99 Å². The second kappa shape index (κ2) is 11.2. The molecule has 0 saturated carbocycles. The fourth-order valence-electron chi connectivity index (χ4n) is 3.25. The summed E-state index contributed by atoms with van der Waals surface area (Å²) < 4.78 is 18.9. The van der Waals surface area contributed by atoms with Crippen molar-refractivity contribution in [3.8, 4) is 0 Å². The monoisotopic (exact) mass is 486 g/mol. The summed E-state index contributed by atoms with van der Waals surface area (Å²) in [6.45, 7) is 5.33. The van der Waals surface area contributed by atoms with Crippen LogP contribution in [0.15, 0.2) is 52.1 Å². The molecule has 27 heavy (non-hydrogen) atoms. The summed E-state index contributed by atoms with van der Waals surface area (Å²) in [6.07, 6.45) is 4.61. The number of furan rings is 1. The lowest BCUT2D eigenvalue weighted by Gasteiger charge is -2.35. The molecule has 5 nitrogen and oxygen atoms in total. The fraction of sp³-hybridized carbons (Fsp3) is 0.450. The standard InChI is InChI=1S/C20H27FN4O.HI/c1-2-22-20(23-11-10-19-9-5-13-26-19)24-17-7-4-12-25(15-17)18-8-3-6-16(21)14-18;/h3,5-6,8-9,13-14,17H,2,4,7,10-12,15H2,1H3,(H2,22,23,24);1H. The van der Waals surface area contributed by atoms with Gasteiger partial charge in [0.05, 0.1) is 6.26 Å². The van der Waals surface area contributed by atoms with Gasteiger partial charge in [-0.1, -0.05) is 6.07 Å². The molecule has 1 atom stereocenters. The third kappa shape index (κ3) is 6.71. The Kier molecular flexibility index (Phi) is 8.90. The lowest BCUT2D eigenvalue weighted by atomic mass is 10.0. The molecule has 0 radical (unpaired) electrons. The molecule has 1 fully saturated rings. The quantitative estimate of drug-likeness (QED) is 0.371. The van der Waals surface area contributed by atoms with E-state index in [0.29, 0.717) is 6.54 Å². The molecule has 0 aliphatic carbocycles. The minimum atomic E-state index is -0.189. The zero-order valence-corrected chi connectivity index (χ0v) is 18.0. The highest BCUT2D eigenvalue weighted by molar-refractivity contribution is 14.0. The molecule has 1 aromatic heterocycles. The summed E-state index contributed by atoms with van der Waals surface area (Å²) in [7, 11) is 0. The van der Waals surface area contributed by atoms with E-state index in [0.717, 1.165) is 56.3 Å². The van der Waals surface area contributed by atoms with Crippen LogP contribution in [-0.2, 0) is 6.42 Å². The van der Waals surface area contributed by atoms with Gasteiger partial charge in [0, 0.05) is 44.3 Å².